The van der Waals surface area contributed by atoms with Gasteiger partial charge in [0.25, 0.3) is 0 Å². The minimum absolute atomic E-state index is 0.0943. The molecule has 16 heavy (non-hydrogen) atoms. The average molecular weight is 226 g/mol. The van der Waals surface area contributed by atoms with Crippen molar-refractivity contribution in [3.8, 4) is 0 Å². The van der Waals surface area contributed by atoms with E-state index in [1.807, 2.05) is 0 Å². The van der Waals surface area contributed by atoms with Crippen LogP contribution in [0.5, 0.6) is 0 Å². The summed E-state index contributed by atoms with van der Waals surface area (Å²) in [6.45, 7) is 8.86. The molecule has 92 valence electrons. The molecule has 0 unspecified atom stereocenters. The van der Waals surface area contributed by atoms with E-state index < -0.39 is 5.97 Å². The van der Waals surface area contributed by atoms with Gasteiger partial charge in [0.2, 0.25) is 0 Å². The van der Waals surface area contributed by atoms with E-state index in [0.717, 1.165) is 0 Å². The second-order valence-corrected chi connectivity index (χ2v) is 3.79. The highest BCUT2D eigenvalue weighted by Crippen LogP contribution is 2.20. The van der Waals surface area contributed by atoms with Crippen LogP contribution in [0, 0.1) is 0 Å². The molecule has 0 aromatic carbocycles. The molecule has 3 heteroatoms. The minimum atomic E-state index is -0.528. The zero-order valence-electron chi connectivity index (χ0n) is 10.1. The van der Waals surface area contributed by atoms with E-state index in [2.05, 4.69) is 17.9 Å². The van der Waals surface area contributed by atoms with Gasteiger partial charge in [-0.05, 0) is 32.6 Å². The van der Waals surface area contributed by atoms with Crippen LogP contribution in [0.3, 0.4) is 0 Å². The Bertz CT molecular complexity index is 236. The largest absolute Gasteiger partial charge is 0.463 e. The van der Waals surface area contributed by atoms with E-state index in [9.17, 15) is 4.79 Å². The van der Waals surface area contributed by atoms with E-state index >= 15 is 0 Å². The van der Waals surface area contributed by atoms with Gasteiger partial charge in [-0.3, -0.25) is 0 Å². The topological polar surface area (TPSA) is 46.5 Å². The van der Waals surface area contributed by atoms with Gasteiger partial charge in [-0.1, -0.05) is 25.2 Å². The number of carbonyl (C=O) groups is 1. The van der Waals surface area contributed by atoms with Crippen LogP contribution in [0.4, 0.5) is 0 Å². The van der Waals surface area contributed by atoms with Crippen LogP contribution in [0.15, 0.2) is 24.3 Å². The first-order valence-electron chi connectivity index (χ1n) is 5.74. The Morgan fingerprint density at radius 2 is 1.94 bits per heavy atom. The summed E-state index contributed by atoms with van der Waals surface area (Å²) in [5.74, 6) is -0.528. The molecule has 1 rings (SSSR count). The summed E-state index contributed by atoms with van der Waals surface area (Å²) in [7, 11) is 0. The Kier molecular flexibility index (Phi) is 8.53. The van der Waals surface area contributed by atoms with Gasteiger partial charge in [-0.2, -0.15) is 0 Å². The number of aliphatic hydroxyl groups excluding tert-OH is 1. The van der Waals surface area contributed by atoms with Gasteiger partial charge in [0.1, 0.15) is 0 Å². The normalized spacial score (nSPS) is 14.8. The highest BCUT2D eigenvalue weighted by atomic mass is 16.5. The van der Waals surface area contributed by atoms with Crippen molar-refractivity contribution in [2.45, 2.75) is 39.0 Å². The number of allylic oxidation sites excluding steroid dienone is 1. The van der Waals surface area contributed by atoms with Crippen LogP contribution >= 0.6 is 0 Å². The number of rotatable bonds is 3. The highest BCUT2D eigenvalue weighted by molar-refractivity contribution is 5.87. The Morgan fingerprint density at radius 3 is 2.25 bits per heavy atom. The Hall–Kier alpha value is -1.09. The zero-order chi connectivity index (χ0) is 12.4. The van der Waals surface area contributed by atoms with E-state index in [1.165, 1.54) is 37.7 Å². The number of hydrogen-bond acceptors (Lipinski definition) is 3. The molecule has 0 spiro atoms. The Morgan fingerprint density at radius 1 is 1.38 bits per heavy atom. The summed E-state index contributed by atoms with van der Waals surface area (Å²) in [6.07, 6.45) is 6.79. The third-order valence-electron chi connectivity index (χ3n) is 2.32. The number of carbonyl (C=O) groups excluding carboxylic acids is 1. The number of ether oxygens (including phenoxy) is 1. The smallest absolute Gasteiger partial charge is 0.335 e. The van der Waals surface area contributed by atoms with Gasteiger partial charge < -0.3 is 9.84 Å². The fourth-order valence-electron chi connectivity index (χ4n) is 1.35. The summed E-state index contributed by atoms with van der Waals surface area (Å²) < 4.78 is 4.50. The number of esters is 1. The molecule has 0 heterocycles. The molecule has 1 aliphatic carbocycles. The molecule has 1 fully saturated rings. The van der Waals surface area contributed by atoms with Crippen molar-refractivity contribution >= 4 is 5.97 Å². The van der Waals surface area contributed by atoms with Crippen molar-refractivity contribution in [2.75, 3.05) is 13.2 Å². The lowest BCUT2D eigenvalue weighted by Gasteiger charge is -2.10. The fraction of sp³-hybridized carbons (Fsp3) is 0.615. The maximum absolute atomic E-state index is 10.5. The van der Waals surface area contributed by atoms with Crippen LogP contribution in [-0.2, 0) is 9.53 Å². The van der Waals surface area contributed by atoms with Gasteiger partial charge in [-0.25, -0.2) is 4.79 Å². The van der Waals surface area contributed by atoms with Crippen LogP contribution in [0.2, 0.25) is 0 Å². The number of aliphatic hydroxyl groups is 1. The van der Waals surface area contributed by atoms with E-state index in [0.29, 0.717) is 6.61 Å². The first-order chi connectivity index (χ1) is 7.61. The van der Waals surface area contributed by atoms with Gasteiger partial charge in [0.15, 0.2) is 0 Å². The van der Waals surface area contributed by atoms with Gasteiger partial charge >= 0.3 is 5.97 Å². The molecular weight excluding hydrogens is 204 g/mol. The lowest BCUT2D eigenvalue weighted by molar-refractivity contribution is -0.138. The third-order valence-corrected chi connectivity index (χ3v) is 2.32. The molecule has 1 N–H and O–H groups in total. The molecule has 0 amide bonds. The van der Waals surface area contributed by atoms with Crippen molar-refractivity contribution < 1.29 is 14.6 Å². The van der Waals surface area contributed by atoms with Gasteiger partial charge in [0, 0.05) is 0 Å². The molecule has 0 aliphatic heterocycles. The fourth-order valence-corrected chi connectivity index (χ4v) is 1.35. The summed E-state index contributed by atoms with van der Waals surface area (Å²) in [5, 5.41) is 8.33. The maximum Gasteiger partial charge on any atom is 0.335 e. The summed E-state index contributed by atoms with van der Waals surface area (Å²) in [5.41, 5.74) is 1.56. The Balaban J connectivity index is 0.000000288. The zero-order valence-corrected chi connectivity index (χ0v) is 10.1. The molecule has 0 radical (unpaired) electrons. The van der Waals surface area contributed by atoms with E-state index in [-0.39, 0.29) is 12.2 Å². The molecule has 3 nitrogen and oxygen atoms in total. The first kappa shape index (κ1) is 14.9. The SMILES string of the molecule is C=C(CO)C(=O)OCC.C=C1CCCCC1. The summed E-state index contributed by atoms with van der Waals surface area (Å²) >= 11 is 0. The van der Waals surface area contributed by atoms with Crippen molar-refractivity contribution in [1.29, 1.82) is 0 Å². The monoisotopic (exact) mass is 226 g/mol. The molecule has 0 aromatic rings. The molecule has 1 saturated carbocycles. The highest BCUT2D eigenvalue weighted by Gasteiger charge is 2.03. The van der Waals surface area contributed by atoms with Gasteiger partial charge in [-0.15, -0.1) is 0 Å². The summed E-state index contributed by atoms with van der Waals surface area (Å²) in [4.78, 5) is 10.5. The van der Waals surface area contributed by atoms with Crippen LogP contribution in [0.1, 0.15) is 39.0 Å². The molecule has 0 bridgehead atoms. The molecule has 1 aliphatic rings. The van der Waals surface area contributed by atoms with E-state index in [4.69, 9.17) is 5.11 Å². The standard InChI is InChI=1S/C7H12.C6H10O3/c1-7-5-3-2-4-6-7;1-3-9-6(8)5(2)4-7/h1-6H2;7H,2-4H2,1H3. The molecule has 0 aromatic heterocycles. The summed E-state index contributed by atoms with van der Waals surface area (Å²) in [6, 6.07) is 0. The lowest BCUT2D eigenvalue weighted by Crippen LogP contribution is -2.08. The van der Waals surface area contributed by atoms with Crippen molar-refractivity contribution in [3.05, 3.63) is 24.3 Å². The van der Waals surface area contributed by atoms with Crippen LogP contribution in [0.25, 0.3) is 0 Å². The number of hydrogen-bond donors (Lipinski definition) is 1. The first-order valence-corrected chi connectivity index (χ1v) is 5.74. The van der Waals surface area contributed by atoms with Crippen molar-refractivity contribution in [2.24, 2.45) is 0 Å². The van der Waals surface area contributed by atoms with Gasteiger partial charge in [0.05, 0.1) is 18.8 Å². The maximum atomic E-state index is 10.5. The van der Waals surface area contributed by atoms with Crippen LogP contribution in [-0.4, -0.2) is 24.3 Å². The van der Waals surface area contributed by atoms with Crippen LogP contribution < -0.4 is 0 Å². The predicted molar refractivity (Wildman–Crippen MR) is 65.1 cm³/mol. The van der Waals surface area contributed by atoms with Crippen molar-refractivity contribution in [1.82, 2.24) is 0 Å². The predicted octanol–water partition coefficient (Wildman–Crippen LogP) is 2.60. The molecule has 0 saturated heterocycles. The van der Waals surface area contributed by atoms with Crippen molar-refractivity contribution in [3.63, 3.8) is 0 Å². The molecule has 0 atom stereocenters. The Labute approximate surface area is 97.8 Å². The average Bonchev–Trinajstić information content (AvgIpc) is 2.30. The second kappa shape index (κ2) is 9.16. The minimum Gasteiger partial charge on any atom is -0.463 e. The van der Waals surface area contributed by atoms with E-state index in [1.54, 1.807) is 6.92 Å². The quantitative estimate of drug-likeness (QED) is 0.457. The second-order valence-electron chi connectivity index (χ2n) is 3.79. The molecular formula is C13H22O3. The lowest BCUT2D eigenvalue weighted by atomic mass is 9.97. The third kappa shape index (κ3) is 7.23.